The van der Waals surface area contributed by atoms with Gasteiger partial charge in [-0.3, -0.25) is 4.98 Å². The number of aromatic nitrogens is 6. The van der Waals surface area contributed by atoms with Gasteiger partial charge in [-0.25, -0.2) is 4.98 Å². The Labute approximate surface area is 285 Å². The molecule has 0 aliphatic carbocycles. The van der Waals surface area contributed by atoms with E-state index in [2.05, 4.69) is 142 Å². The molecule has 6 heteroatoms. The van der Waals surface area contributed by atoms with Crippen molar-refractivity contribution < 1.29 is 0 Å². The van der Waals surface area contributed by atoms with Crippen molar-refractivity contribution in [3.63, 3.8) is 0 Å². The fraction of sp³-hybridized carbons (Fsp3) is 0. The van der Waals surface area contributed by atoms with Crippen LogP contribution in [0.4, 0.5) is 0 Å². The van der Waals surface area contributed by atoms with Crippen LogP contribution in [0.3, 0.4) is 0 Å². The number of pyridine rings is 1. The predicted molar refractivity (Wildman–Crippen MR) is 204 cm³/mol. The monoisotopic (exact) mass is 638 g/mol. The molecule has 0 spiro atoms. The molecule has 0 unspecified atom stereocenters. The largest absolute Gasteiger partial charge is 0.309 e. The lowest BCUT2D eigenvalue weighted by molar-refractivity contribution is 1.03. The number of hydrogen-bond donors (Lipinski definition) is 0. The van der Waals surface area contributed by atoms with Gasteiger partial charge in [0.25, 0.3) is 0 Å². The smallest absolute Gasteiger partial charge is 0.182 e. The first kappa shape index (κ1) is 27.1. The molecular weight excluding hydrogens is 613 g/mol. The summed E-state index contributed by atoms with van der Waals surface area (Å²) >= 11 is 0. The first-order valence-corrected chi connectivity index (χ1v) is 16.7. The summed E-state index contributed by atoms with van der Waals surface area (Å²) < 4.78 is 4.71. The third kappa shape index (κ3) is 3.78. The van der Waals surface area contributed by atoms with Crippen molar-refractivity contribution in [2.75, 3.05) is 0 Å². The standard InChI is InChI=1S/C44H26N6/c1-2-16-35-30(11-1)37-26-45-22-21-36(37)42-43(35)47-48-44(46-42)27-23-28(49-38-17-7-3-12-31(38)32-13-4-8-18-39(32)49)25-29(24-27)50-40-19-9-5-14-33(40)34-15-6-10-20-41(34)50/h1-26H. The molecule has 0 aliphatic heterocycles. The third-order valence-corrected chi connectivity index (χ3v) is 10.1. The molecule has 0 fully saturated rings. The molecule has 11 aromatic rings. The van der Waals surface area contributed by atoms with E-state index in [1.54, 1.807) is 0 Å². The molecule has 11 rings (SSSR count). The topological polar surface area (TPSA) is 61.4 Å². The third-order valence-electron chi connectivity index (χ3n) is 10.1. The van der Waals surface area contributed by atoms with E-state index >= 15 is 0 Å². The lowest BCUT2D eigenvalue weighted by Crippen LogP contribution is -2.02. The van der Waals surface area contributed by atoms with E-state index in [0.29, 0.717) is 5.82 Å². The first-order chi connectivity index (χ1) is 24.8. The maximum absolute atomic E-state index is 5.30. The predicted octanol–water partition coefficient (Wildman–Crippen LogP) is 10.6. The molecule has 50 heavy (non-hydrogen) atoms. The van der Waals surface area contributed by atoms with E-state index in [4.69, 9.17) is 15.2 Å². The molecule has 4 heterocycles. The van der Waals surface area contributed by atoms with Crippen LogP contribution >= 0.6 is 0 Å². The lowest BCUT2D eigenvalue weighted by Gasteiger charge is -2.15. The van der Waals surface area contributed by atoms with Gasteiger partial charge in [0.2, 0.25) is 0 Å². The number of hydrogen-bond acceptors (Lipinski definition) is 4. The lowest BCUT2D eigenvalue weighted by atomic mass is 10.0. The van der Waals surface area contributed by atoms with E-state index in [0.717, 1.165) is 71.6 Å². The van der Waals surface area contributed by atoms with Crippen LogP contribution in [0.25, 0.3) is 99.0 Å². The van der Waals surface area contributed by atoms with Crippen LogP contribution in [0.5, 0.6) is 0 Å². The highest BCUT2D eigenvalue weighted by Crippen LogP contribution is 2.38. The Balaban J connectivity index is 1.26. The van der Waals surface area contributed by atoms with Gasteiger partial charge in [0.15, 0.2) is 5.82 Å². The summed E-state index contributed by atoms with van der Waals surface area (Å²) in [5, 5.41) is 18.7. The summed E-state index contributed by atoms with van der Waals surface area (Å²) in [5.74, 6) is 0.565. The van der Waals surface area contributed by atoms with Crippen molar-refractivity contribution in [2.24, 2.45) is 0 Å². The molecule has 0 saturated heterocycles. The number of para-hydroxylation sites is 4. The second-order valence-electron chi connectivity index (χ2n) is 12.8. The Kier molecular flexibility index (Phi) is 5.57. The number of benzene rings is 7. The summed E-state index contributed by atoms with van der Waals surface area (Å²) in [6.45, 7) is 0. The number of rotatable bonds is 3. The molecule has 6 nitrogen and oxygen atoms in total. The quantitative estimate of drug-likeness (QED) is 0.181. The minimum atomic E-state index is 0.565. The Hall–Kier alpha value is -6.92. The van der Waals surface area contributed by atoms with E-state index in [1.165, 1.54) is 21.5 Å². The van der Waals surface area contributed by atoms with Gasteiger partial charge >= 0.3 is 0 Å². The van der Waals surface area contributed by atoms with Gasteiger partial charge in [0.05, 0.1) is 22.1 Å². The van der Waals surface area contributed by atoms with Crippen LogP contribution < -0.4 is 0 Å². The van der Waals surface area contributed by atoms with Crippen molar-refractivity contribution in [3.8, 4) is 22.8 Å². The molecule has 4 aromatic heterocycles. The number of nitrogens with zero attached hydrogens (tertiary/aromatic N) is 6. The van der Waals surface area contributed by atoms with Gasteiger partial charge in [-0.2, -0.15) is 0 Å². The minimum Gasteiger partial charge on any atom is -0.309 e. The zero-order valence-corrected chi connectivity index (χ0v) is 26.7. The highest BCUT2D eigenvalue weighted by molar-refractivity contribution is 6.22. The van der Waals surface area contributed by atoms with Gasteiger partial charge in [-0.15, -0.1) is 10.2 Å². The molecule has 0 saturated carbocycles. The molecule has 0 radical (unpaired) electrons. The number of fused-ring (bicyclic) bond motifs is 12. The first-order valence-electron chi connectivity index (χ1n) is 16.7. The SMILES string of the molecule is c1ccc2c(c1)c1cnccc1c1nc(-c3cc(-n4c5ccccc5c5ccccc54)cc(-n4c5ccccc5c5ccccc54)c3)nnc21. The fourth-order valence-corrected chi connectivity index (χ4v) is 7.94. The molecule has 0 N–H and O–H groups in total. The van der Waals surface area contributed by atoms with Crippen molar-refractivity contribution in [3.05, 3.63) is 158 Å². The summed E-state index contributed by atoms with van der Waals surface area (Å²) in [6.07, 6.45) is 3.74. The van der Waals surface area contributed by atoms with Gasteiger partial charge in [-0.1, -0.05) is 97.1 Å². The van der Waals surface area contributed by atoms with Gasteiger partial charge in [0.1, 0.15) is 11.0 Å². The van der Waals surface area contributed by atoms with Gasteiger partial charge < -0.3 is 9.13 Å². The second kappa shape index (κ2) is 10.3. The Bertz CT molecular complexity index is 2900. The van der Waals surface area contributed by atoms with Crippen molar-refractivity contribution in [1.82, 2.24) is 29.3 Å². The van der Waals surface area contributed by atoms with Crippen LogP contribution in [-0.2, 0) is 0 Å². The molecule has 0 bridgehead atoms. The summed E-state index contributed by atoms with van der Waals surface area (Å²) in [5.41, 5.74) is 9.08. The normalized spacial score (nSPS) is 12.0. The molecule has 7 aromatic carbocycles. The Morgan fingerprint density at radius 3 is 1.38 bits per heavy atom. The Morgan fingerprint density at radius 2 is 0.840 bits per heavy atom. The summed E-state index contributed by atoms with van der Waals surface area (Å²) in [4.78, 5) is 9.76. The zero-order chi connectivity index (χ0) is 32.8. The minimum absolute atomic E-state index is 0.565. The van der Waals surface area contributed by atoms with Gasteiger partial charge in [-0.05, 0) is 53.9 Å². The molecule has 0 atom stereocenters. The van der Waals surface area contributed by atoms with Crippen molar-refractivity contribution in [2.45, 2.75) is 0 Å². The molecule has 0 amide bonds. The Morgan fingerprint density at radius 1 is 0.380 bits per heavy atom. The van der Waals surface area contributed by atoms with E-state index < -0.39 is 0 Å². The maximum atomic E-state index is 5.30. The van der Waals surface area contributed by atoms with E-state index in [9.17, 15) is 0 Å². The summed E-state index contributed by atoms with van der Waals surface area (Å²) in [7, 11) is 0. The van der Waals surface area contributed by atoms with Gasteiger partial charge in [0, 0.05) is 67.0 Å². The van der Waals surface area contributed by atoms with Crippen LogP contribution in [-0.4, -0.2) is 29.3 Å². The summed E-state index contributed by atoms with van der Waals surface area (Å²) in [6, 6.07) is 51.4. The van der Waals surface area contributed by atoms with Crippen LogP contribution in [0.1, 0.15) is 0 Å². The molecule has 0 aliphatic rings. The second-order valence-corrected chi connectivity index (χ2v) is 12.8. The average molecular weight is 639 g/mol. The highest BCUT2D eigenvalue weighted by Gasteiger charge is 2.19. The average Bonchev–Trinajstić information content (AvgIpc) is 3.71. The van der Waals surface area contributed by atoms with Crippen molar-refractivity contribution in [1.29, 1.82) is 0 Å². The molecule has 232 valence electrons. The fourth-order valence-electron chi connectivity index (χ4n) is 7.94. The maximum Gasteiger partial charge on any atom is 0.182 e. The van der Waals surface area contributed by atoms with Crippen LogP contribution in [0.15, 0.2) is 158 Å². The van der Waals surface area contributed by atoms with Crippen LogP contribution in [0.2, 0.25) is 0 Å². The molecular formula is C44H26N6. The van der Waals surface area contributed by atoms with E-state index in [1.807, 2.05) is 30.6 Å². The zero-order valence-electron chi connectivity index (χ0n) is 26.7. The highest BCUT2D eigenvalue weighted by atomic mass is 15.2. The van der Waals surface area contributed by atoms with E-state index in [-0.39, 0.29) is 0 Å². The van der Waals surface area contributed by atoms with Crippen LogP contribution in [0, 0.1) is 0 Å². The van der Waals surface area contributed by atoms with Crippen molar-refractivity contribution >= 4 is 76.2 Å².